The van der Waals surface area contributed by atoms with Gasteiger partial charge in [-0.25, -0.2) is 0 Å². The molecule has 0 spiro atoms. The van der Waals surface area contributed by atoms with Crippen LogP contribution >= 0.6 is 0 Å². The van der Waals surface area contributed by atoms with Gasteiger partial charge in [0.2, 0.25) is 0 Å². The second kappa shape index (κ2) is 9.45. The largest absolute Gasteiger partial charge is 0.308 e. The molecular weight excluding hydrogens is 394 g/mol. The van der Waals surface area contributed by atoms with Crippen LogP contribution in [0.4, 0.5) is 0 Å². The Morgan fingerprint density at radius 1 is 0.688 bits per heavy atom. The average molecular weight is 420 g/mol. The highest BCUT2D eigenvalue weighted by Gasteiger charge is 2.08. The molecule has 5 nitrogen and oxygen atoms in total. The van der Waals surface area contributed by atoms with Gasteiger partial charge in [-0.2, -0.15) is 10.2 Å². The van der Waals surface area contributed by atoms with Gasteiger partial charge < -0.3 is 5.32 Å². The Bertz CT molecular complexity index is 1250. The van der Waals surface area contributed by atoms with E-state index in [1.165, 1.54) is 16.7 Å². The quantitative estimate of drug-likeness (QED) is 0.360. The summed E-state index contributed by atoms with van der Waals surface area (Å²) in [4.78, 5) is 0. The fourth-order valence-corrected chi connectivity index (χ4v) is 3.85. The first kappa shape index (κ1) is 20.0. The molecule has 0 bridgehead atoms. The summed E-state index contributed by atoms with van der Waals surface area (Å²) < 4.78 is 1.98. The van der Waals surface area contributed by atoms with Crippen molar-refractivity contribution in [2.75, 3.05) is 0 Å². The summed E-state index contributed by atoms with van der Waals surface area (Å²) >= 11 is 0. The second-order valence-electron chi connectivity index (χ2n) is 7.85. The summed E-state index contributed by atoms with van der Waals surface area (Å²) in [5.41, 5.74) is 8.18. The maximum absolute atomic E-state index is 4.48. The van der Waals surface area contributed by atoms with E-state index in [0.717, 1.165) is 42.0 Å². The molecule has 0 amide bonds. The van der Waals surface area contributed by atoms with E-state index in [9.17, 15) is 0 Å². The van der Waals surface area contributed by atoms with Crippen molar-refractivity contribution in [3.63, 3.8) is 0 Å². The minimum atomic E-state index is 0.732. The van der Waals surface area contributed by atoms with Gasteiger partial charge in [0.15, 0.2) is 0 Å². The number of H-pyrrole nitrogens is 1. The Hall–Kier alpha value is -3.96. The first-order chi connectivity index (χ1) is 15.8. The zero-order chi connectivity index (χ0) is 21.6. The third-order valence-electron chi connectivity index (χ3n) is 5.52. The molecule has 0 saturated heterocycles. The fourth-order valence-electron chi connectivity index (χ4n) is 3.85. The van der Waals surface area contributed by atoms with Crippen molar-refractivity contribution in [2.45, 2.75) is 19.6 Å². The van der Waals surface area contributed by atoms with Crippen LogP contribution in [0.2, 0.25) is 0 Å². The molecule has 32 heavy (non-hydrogen) atoms. The molecular formula is C27H25N5. The molecule has 0 aliphatic rings. The van der Waals surface area contributed by atoms with Crippen molar-refractivity contribution in [3.8, 4) is 22.4 Å². The van der Waals surface area contributed by atoms with E-state index in [-0.39, 0.29) is 0 Å². The van der Waals surface area contributed by atoms with Gasteiger partial charge in [-0.3, -0.25) is 9.78 Å². The highest BCUT2D eigenvalue weighted by molar-refractivity contribution is 5.69. The van der Waals surface area contributed by atoms with E-state index < -0.39 is 0 Å². The number of hydrogen-bond acceptors (Lipinski definition) is 3. The Morgan fingerprint density at radius 2 is 1.38 bits per heavy atom. The minimum absolute atomic E-state index is 0.732. The standard InChI is InChI=1S/C27H25N5/c1-3-7-21(8-4-1)19-32-20-22(16-30-32)15-28-17-26-18-29-31-27(26)25-13-11-24(12-14-25)23-9-5-2-6-10-23/h1-14,16,18,20,28H,15,17,19H2,(H,29,31). The average Bonchev–Trinajstić information content (AvgIpc) is 3.50. The summed E-state index contributed by atoms with van der Waals surface area (Å²) in [6, 6.07) is 29.4. The first-order valence-corrected chi connectivity index (χ1v) is 10.8. The zero-order valence-electron chi connectivity index (χ0n) is 17.8. The molecule has 5 aromatic rings. The van der Waals surface area contributed by atoms with Gasteiger partial charge in [0, 0.05) is 30.4 Å². The number of nitrogens with one attached hydrogen (secondary N) is 2. The van der Waals surface area contributed by atoms with Crippen LogP contribution in [0, 0.1) is 0 Å². The van der Waals surface area contributed by atoms with Gasteiger partial charge in [0.1, 0.15) is 0 Å². The fraction of sp³-hybridized carbons (Fsp3) is 0.111. The van der Waals surface area contributed by atoms with Crippen LogP contribution in [0.25, 0.3) is 22.4 Å². The maximum Gasteiger partial charge on any atom is 0.0695 e. The molecule has 0 atom stereocenters. The predicted octanol–water partition coefficient (Wildman–Crippen LogP) is 5.28. The Morgan fingerprint density at radius 3 is 2.16 bits per heavy atom. The lowest BCUT2D eigenvalue weighted by molar-refractivity contribution is 0.677. The Balaban J connectivity index is 1.20. The van der Waals surface area contributed by atoms with Crippen LogP contribution in [-0.4, -0.2) is 20.0 Å². The lowest BCUT2D eigenvalue weighted by Gasteiger charge is -2.07. The molecule has 2 aromatic heterocycles. The molecule has 2 N–H and O–H groups in total. The van der Waals surface area contributed by atoms with Crippen LogP contribution in [0.5, 0.6) is 0 Å². The summed E-state index contributed by atoms with van der Waals surface area (Å²) in [5.74, 6) is 0. The maximum atomic E-state index is 4.48. The van der Waals surface area contributed by atoms with E-state index in [1.54, 1.807) is 0 Å². The van der Waals surface area contributed by atoms with Gasteiger partial charge in [-0.15, -0.1) is 0 Å². The molecule has 0 saturated carbocycles. The second-order valence-corrected chi connectivity index (χ2v) is 7.85. The van der Waals surface area contributed by atoms with Crippen LogP contribution < -0.4 is 5.32 Å². The van der Waals surface area contributed by atoms with Gasteiger partial charge >= 0.3 is 0 Å². The van der Waals surface area contributed by atoms with Gasteiger partial charge in [0.05, 0.1) is 24.6 Å². The smallest absolute Gasteiger partial charge is 0.0695 e. The molecule has 0 aliphatic heterocycles. The topological polar surface area (TPSA) is 58.5 Å². The van der Waals surface area contributed by atoms with Crippen molar-refractivity contribution in [3.05, 3.63) is 120 Å². The third kappa shape index (κ3) is 4.68. The normalized spacial score (nSPS) is 11.0. The molecule has 158 valence electrons. The monoisotopic (exact) mass is 419 g/mol. The summed E-state index contributed by atoms with van der Waals surface area (Å²) in [5, 5.41) is 15.4. The number of nitrogens with zero attached hydrogens (tertiary/aromatic N) is 3. The van der Waals surface area contributed by atoms with Crippen molar-refractivity contribution in [1.82, 2.24) is 25.3 Å². The number of aromatic amines is 1. The lowest BCUT2D eigenvalue weighted by atomic mass is 10.0. The zero-order valence-corrected chi connectivity index (χ0v) is 17.8. The summed E-state index contributed by atoms with van der Waals surface area (Å²) in [6.07, 6.45) is 5.92. The SMILES string of the molecule is c1ccc(Cn2cc(CNCc3cn[nH]c3-c3ccc(-c4ccccc4)cc3)cn2)cc1. The molecule has 2 heterocycles. The molecule has 0 fully saturated rings. The van der Waals surface area contributed by atoms with Crippen LogP contribution in [-0.2, 0) is 19.6 Å². The number of aromatic nitrogens is 4. The number of benzene rings is 3. The summed E-state index contributed by atoms with van der Waals surface area (Å²) in [6.45, 7) is 2.27. The lowest BCUT2D eigenvalue weighted by Crippen LogP contribution is -2.12. The highest BCUT2D eigenvalue weighted by atomic mass is 15.3. The Labute approximate surface area is 187 Å². The van der Waals surface area contributed by atoms with E-state index in [2.05, 4.69) is 99.6 Å². The summed E-state index contributed by atoms with van der Waals surface area (Å²) in [7, 11) is 0. The third-order valence-corrected chi connectivity index (χ3v) is 5.52. The number of rotatable bonds is 8. The van der Waals surface area contributed by atoms with E-state index >= 15 is 0 Å². The van der Waals surface area contributed by atoms with E-state index in [0.29, 0.717) is 0 Å². The first-order valence-electron chi connectivity index (χ1n) is 10.8. The number of hydrogen-bond donors (Lipinski definition) is 2. The van der Waals surface area contributed by atoms with Gasteiger partial charge in [-0.05, 0) is 22.3 Å². The van der Waals surface area contributed by atoms with Crippen molar-refractivity contribution in [1.29, 1.82) is 0 Å². The molecule has 5 rings (SSSR count). The van der Waals surface area contributed by atoms with Crippen LogP contribution in [0.15, 0.2) is 104 Å². The van der Waals surface area contributed by atoms with E-state index in [4.69, 9.17) is 0 Å². The molecule has 0 radical (unpaired) electrons. The van der Waals surface area contributed by atoms with Crippen LogP contribution in [0.1, 0.15) is 16.7 Å². The van der Waals surface area contributed by atoms with Gasteiger partial charge in [-0.1, -0.05) is 84.9 Å². The molecule has 5 heteroatoms. The predicted molar refractivity (Wildman–Crippen MR) is 128 cm³/mol. The van der Waals surface area contributed by atoms with Gasteiger partial charge in [0.25, 0.3) is 0 Å². The molecule has 3 aromatic carbocycles. The Kier molecular flexibility index (Phi) is 5.90. The van der Waals surface area contributed by atoms with E-state index in [1.807, 2.05) is 29.2 Å². The minimum Gasteiger partial charge on any atom is -0.308 e. The molecule has 0 unspecified atom stereocenters. The van der Waals surface area contributed by atoms with Crippen molar-refractivity contribution < 1.29 is 0 Å². The highest BCUT2D eigenvalue weighted by Crippen LogP contribution is 2.25. The van der Waals surface area contributed by atoms with Crippen LogP contribution in [0.3, 0.4) is 0 Å². The molecule has 0 aliphatic carbocycles. The van der Waals surface area contributed by atoms with Crippen molar-refractivity contribution >= 4 is 0 Å². The van der Waals surface area contributed by atoms with Crippen molar-refractivity contribution in [2.24, 2.45) is 0 Å².